The Morgan fingerprint density at radius 3 is 1.90 bits per heavy atom. The molecule has 0 amide bonds. The topological polar surface area (TPSA) is 75.2 Å². The summed E-state index contributed by atoms with van der Waals surface area (Å²) in [6, 6.07) is 51.6. The van der Waals surface area contributed by atoms with E-state index in [0.29, 0.717) is 0 Å². The van der Waals surface area contributed by atoms with Gasteiger partial charge in [-0.05, 0) is 79.7 Å². The van der Waals surface area contributed by atoms with Gasteiger partial charge in [0.1, 0.15) is 11.3 Å². The number of aryl methyl sites for hydroxylation is 1. The molecule has 7 aromatic carbocycles. The lowest BCUT2D eigenvalue weighted by atomic mass is 9.90. The Kier molecular flexibility index (Phi) is 7.24. The molecular weight excluding hydrogens is 601 g/mol. The summed E-state index contributed by atoms with van der Waals surface area (Å²) in [7, 11) is 0. The van der Waals surface area contributed by atoms with Crippen molar-refractivity contribution in [2.45, 2.75) is 25.4 Å². The van der Waals surface area contributed by atoms with E-state index in [4.69, 9.17) is 10.2 Å². The summed E-state index contributed by atoms with van der Waals surface area (Å²) in [5.74, 6) is 0.827. The number of rotatable bonds is 5. The molecule has 0 radical (unpaired) electrons. The van der Waals surface area contributed by atoms with Gasteiger partial charge in [-0.15, -0.1) is 0 Å². The van der Waals surface area contributed by atoms with Crippen LogP contribution in [-0.4, -0.2) is 6.17 Å². The minimum atomic E-state index is -0.250. The van der Waals surface area contributed by atoms with Crippen molar-refractivity contribution in [3.05, 3.63) is 174 Å². The quantitative estimate of drug-likeness (QED) is 0.142. The minimum absolute atomic E-state index is 0.101. The van der Waals surface area contributed by atoms with E-state index in [-0.39, 0.29) is 18.5 Å². The molecule has 9 rings (SSSR count). The van der Waals surface area contributed by atoms with Crippen LogP contribution in [-0.2, 0) is 0 Å². The molecule has 2 atom stereocenters. The highest BCUT2D eigenvalue weighted by Gasteiger charge is 2.33. The molecule has 0 saturated carbocycles. The molecule has 1 saturated heterocycles. The van der Waals surface area contributed by atoms with Gasteiger partial charge in [-0.2, -0.15) is 0 Å². The zero-order valence-electron chi connectivity index (χ0n) is 27.2. The smallest absolute Gasteiger partial charge is 0.135 e. The Labute approximate surface area is 285 Å². The Hall–Kier alpha value is -5.72. The number of hydrogen-bond acceptors (Lipinski definition) is 5. The van der Waals surface area contributed by atoms with Crippen LogP contribution in [0.1, 0.15) is 34.8 Å². The van der Waals surface area contributed by atoms with Crippen molar-refractivity contribution >= 4 is 48.9 Å². The van der Waals surface area contributed by atoms with E-state index in [1.807, 2.05) is 19.1 Å². The maximum atomic E-state index is 6.55. The van der Waals surface area contributed by atoms with Gasteiger partial charge in [0.25, 0.3) is 0 Å². The van der Waals surface area contributed by atoms with Crippen molar-refractivity contribution < 1.29 is 4.42 Å². The average Bonchev–Trinajstić information content (AvgIpc) is 3.49. The number of furan rings is 1. The molecule has 49 heavy (non-hydrogen) atoms. The Morgan fingerprint density at radius 1 is 0.592 bits per heavy atom. The Balaban J connectivity index is 1.14. The minimum Gasteiger partial charge on any atom is -0.461 e. The van der Waals surface area contributed by atoms with Crippen molar-refractivity contribution in [2.75, 3.05) is 0 Å². The number of fused-ring (bicyclic) bond motifs is 6. The van der Waals surface area contributed by atoms with Gasteiger partial charge < -0.3 is 10.2 Å². The monoisotopic (exact) mass is 636 g/mol. The van der Waals surface area contributed by atoms with Crippen molar-refractivity contribution in [3.63, 3.8) is 0 Å². The van der Waals surface area contributed by atoms with Gasteiger partial charge >= 0.3 is 0 Å². The molecule has 0 spiro atoms. The number of nitrogens with two attached hydrogens (primary N) is 1. The number of benzene rings is 7. The first-order valence-corrected chi connectivity index (χ1v) is 16.8. The molecule has 5 N–H and O–H groups in total. The Bertz CT molecular complexity index is 2470. The van der Waals surface area contributed by atoms with E-state index in [9.17, 15) is 0 Å². The molecule has 1 aliphatic rings. The summed E-state index contributed by atoms with van der Waals surface area (Å²) in [5.41, 5.74) is 13.9. The zero-order chi connectivity index (χ0) is 32.9. The normalized spacial score (nSPS) is 18.5. The second kappa shape index (κ2) is 12.1. The van der Waals surface area contributed by atoms with Crippen LogP contribution in [0.3, 0.4) is 0 Å². The SMILES string of the molecule is Cc1oc2cc(-c3cc4ccc5ccccc5c4c4ccccc34)ccc2c1/C(=C\N)C1NC(c2ccccc2)NC(c2ccccc2)N1. The Morgan fingerprint density at radius 2 is 1.20 bits per heavy atom. The molecule has 2 heterocycles. The highest BCUT2D eigenvalue weighted by Crippen LogP contribution is 2.41. The first kappa shape index (κ1) is 29.4. The van der Waals surface area contributed by atoms with E-state index in [1.165, 1.54) is 37.9 Å². The summed E-state index contributed by atoms with van der Waals surface area (Å²) in [6.45, 7) is 2.03. The van der Waals surface area contributed by atoms with Gasteiger partial charge in [-0.1, -0.05) is 127 Å². The molecule has 1 fully saturated rings. The van der Waals surface area contributed by atoms with E-state index in [2.05, 4.69) is 149 Å². The van der Waals surface area contributed by atoms with Crippen molar-refractivity contribution in [1.29, 1.82) is 0 Å². The number of nitrogens with one attached hydrogen (secondary N) is 3. The van der Waals surface area contributed by atoms with Crippen molar-refractivity contribution in [1.82, 2.24) is 16.0 Å². The maximum Gasteiger partial charge on any atom is 0.135 e. The van der Waals surface area contributed by atoms with Gasteiger partial charge in [-0.3, -0.25) is 16.0 Å². The van der Waals surface area contributed by atoms with Gasteiger partial charge in [0.15, 0.2) is 0 Å². The fraction of sp³-hybridized carbons (Fsp3) is 0.0909. The first-order valence-electron chi connectivity index (χ1n) is 16.8. The van der Waals surface area contributed by atoms with Crippen LogP contribution in [0.4, 0.5) is 0 Å². The first-order chi connectivity index (χ1) is 24.2. The van der Waals surface area contributed by atoms with Crippen LogP contribution in [0.5, 0.6) is 0 Å². The predicted molar refractivity (Wildman–Crippen MR) is 203 cm³/mol. The molecule has 0 bridgehead atoms. The lowest BCUT2D eigenvalue weighted by Crippen LogP contribution is -2.59. The second-order valence-corrected chi connectivity index (χ2v) is 12.8. The lowest BCUT2D eigenvalue weighted by molar-refractivity contribution is 0.234. The molecule has 0 aliphatic carbocycles. The van der Waals surface area contributed by atoms with Gasteiger partial charge in [0.2, 0.25) is 0 Å². The summed E-state index contributed by atoms with van der Waals surface area (Å²) in [4.78, 5) is 0. The van der Waals surface area contributed by atoms with Crippen LogP contribution in [0, 0.1) is 6.92 Å². The van der Waals surface area contributed by atoms with E-state index in [0.717, 1.165) is 44.6 Å². The molecule has 5 heteroatoms. The molecule has 238 valence electrons. The molecule has 1 aromatic heterocycles. The molecule has 1 aliphatic heterocycles. The molecule has 2 unspecified atom stereocenters. The lowest BCUT2D eigenvalue weighted by Gasteiger charge is -2.40. The average molecular weight is 637 g/mol. The van der Waals surface area contributed by atoms with Crippen molar-refractivity contribution in [3.8, 4) is 11.1 Å². The van der Waals surface area contributed by atoms with E-state index < -0.39 is 0 Å². The third kappa shape index (κ3) is 5.07. The fourth-order valence-electron chi connectivity index (χ4n) is 7.69. The summed E-state index contributed by atoms with van der Waals surface area (Å²) in [5, 5.41) is 19.8. The van der Waals surface area contributed by atoms with Crippen molar-refractivity contribution in [2.24, 2.45) is 5.73 Å². The van der Waals surface area contributed by atoms with Crippen LogP contribution >= 0.6 is 0 Å². The highest BCUT2D eigenvalue weighted by molar-refractivity contribution is 6.23. The van der Waals surface area contributed by atoms with Crippen LogP contribution < -0.4 is 21.7 Å². The van der Waals surface area contributed by atoms with Crippen LogP contribution in [0.15, 0.2) is 156 Å². The van der Waals surface area contributed by atoms with Gasteiger partial charge in [0.05, 0.1) is 18.5 Å². The summed E-state index contributed by atoms with van der Waals surface area (Å²) < 4.78 is 6.55. The fourth-order valence-corrected chi connectivity index (χ4v) is 7.69. The maximum absolute atomic E-state index is 6.55. The van der Waals surface area contributed by atoms with Gasteiger partial charge in [0, 0.05) is 22.7 Å². The van der Waals surface area contributed by atoms with Crippen LogP contribution in [0.25, 0.3) is 60.0 Å². The molecule has 5 nitrogen and oxygen atoms in total. The summed E-state index contributed by atoms with van der Waals surface area (Å²) >= 11 is 0. The molecular formula is C44H36N4O. The van der Waals surface area contributed by atoms with Crippen LogP contribution in [0.2, 0.25) is 0 Å². The van der Waals surface area contributed by atoms with E-state index in [1.54, 1.807) is 6.20 Å². The summed E-state index contributed by atoms with van der Waals surface area (Å²) in [6.07, 6.45) is 1.26. The molecule has 8 aromatic rings. The predicted octanol–water partition coefficient (Wildman–Crippen LogP) is 9.67. The largest absolute Gasteiger partial charge is 0.461 e. The zero-order valence-corrected chi connectivity index (χ0v) is 27.2. The second-order valence-electron chi connectivity index (χ2n) is 12.8. The van der Waals surface area contributed by atoms with E-state index >= 15 is 0 Å². The number of hydrogen-bond donors (Lipinski definition) is 4. The standard InChI is InChI=1S/C44H36N4O/c1-27-40(38(26-45)44-47-42(29-13-4-2-5-14-29)46-43(48-44)30-15-6-3-7-16-30)36-23-22-31(25-39(36)49-27)37-24-32-21-20-28-12-8-9-17-33(28)41(32)35-19-11-10-18-34(35)37/h2-26,42-44,46-48H,45H2,1H3/b38-26+. The van der Waals surface area contributed by atoms with Gasteiger partial charge in [-0.25, -0.2) is 0 Å². The third-order valence-electron chi connectivity index (χ3n) is 9.97. The third-order valence-corrected chi connectivity index (χ3v) is 9.97. The highest BCUT2D eigenvalue weighted by atomic mass is 16.3.